The van der Waals surface area contributed by atoms with Crippen LogP contribution < -0.4 is 10.1 Å². The van der Waals surface area contributed by atoms with Gasteiger partial charge in [-0.15, -0.1) is 0 Å². The van der Waals surface area contributed by atoms with Gasteiger partial charge in [-0.1, -0.05) is 55.7 Å². The first-order chi connectivity index (χ1) is 14.3. The molecule has 0 aromatic heterocycles. The number of carbonyl (C=O) groups excluding carboxylic acids is 1. The largest absolute Gasteiger partial charge is 0.484 e. The molecule has 1 fully saturated rings. The number of rotatable bonds is 5. The van der Waals surface area contributed by atoms with Crippen LogP contribution in [0.2, 0.25) is 0 Å². The van der Waals surface area contributed by atoms with E-state index in [-0.39, 0.29) is 12.5 Å². The van der Waals surface area contributed by atoms with Crippen LogP contribution in [0.3, 0.4) is 0 Å². The number of anilines is 1. The summed E-state index contributed by atoms with van der Waals surface area (Å²) < 4.78 is 5.74. The maximum Gasteiger partial charge on any atom is 0.262 e. The Labute approximate surface area is 172 Å². The van der Waals surface area contributed by atoms with Gasteiger partial charge in [0.15, 0.2) is 6.61 Å². The van der Waals surface area contributed by atoms with E-state index in [1.165, 1.54) is 54.2 Å². The smallest absolute Gasteiger partial charge is 0.262 e. The van der Waals surface area contributed by atoms with Gasteiger partial charge >= 0.3 is 0 Å². The van der Waals surface area contributed by atoms with Crippen molar-refractivity contribution in [3.05, 3.63) is 71.3 Å². The number of nitrogens with one attached hydrogen (secondary N) is 1. The maximum absolute atomic E-state index is 12.5. The van der Waals surface area contributed by atoms with E-state index in [2.05, 4.69) is 41.7 Å². The monoisotopic (exact) mass is 385 g/mol. The second-order valence-electron chi connectivity index (χ2n) is 8.35. The molecule has 3 aromatic carbocycles. The molecule has 5 rings (SSSR count). The molecule has 1 amide bonds. The van der Waals surface area contributed by atoms with Gasteiger partial charge in [-0.05, 0) is 71.9 Å². The second-order valence-corrected chi connectivity index (χ2v) is 8.35. The van der Waals surface area contributed by atoms with E-state index in [9.17, 15) is 4.79 Å². The van der Waals surface area contributed by atoms with Gasteiger partial charge in [0.1, 0.15) is 5.75 Å². The standard InChI is InChI=1S/C26H27NO2/c28-25(17-29-22-14-11-19(12-15-22)18-5-2-1-3-6-18)27-24-16-13-21-10-9-20-7-4-8-23(24)26(20)21/h4,7-8,11-16,18H,1-3,5-6,9-10,17H2,(H,27,28). The highest BCUT2D eigenvalue weighted by Gasteiger charge is 2.17. The lowest BCUT2D eigenvalue weighted by Crippen LogP contribution is -2.20. The van der Waals surface area contributed by atoms with Gasteiger partial charge in [0.2, 0.25) is 0 Å². The molecule has 0 heterocycles. The summed E-state index contributed by atoms with van der Waals surface area (Å²) in [6, 6.07) is 18.8. The molecule has 148 valence electrons. The molecular formula is C26H27NO2. The summed E-state index contributed by atoms with van der Waals surface area (Å²) in [4.78, 5) is 12.5. The molecule has 3 nitrogen and oxygen atoms in total. The first-order valence-electron chi connectivity index (χ1n) is 10.8. The molecule has 3 aromatic rings. The summed E-state index contributed by atoms with van der Waals surface area (Å²) in [5.74, 6) is 1.31. The molecule has 29 heavy (non-hydrogen) atoms. The van der Waals surface area contributed by atoms with E-state index in [0.717, 1.165) is 29.7 Å². The third kappa shape index (κ3) is 3.74. The van der Waals surface area contributed by atoms with Crippen molar-refractivity contribution < 1.29 is 9.53 Å². The Bertz CT molecular complexity index is 1020. The molecule has 2 aliphatic carbocycles. The van der Waals surface area contributed by atoms with Crippen LogP contribution in [-0.4, -0.2) is 12.5 Å². The van der Waals surface area contributed by atoms with Crippen molar-refractivity contribution in [2.24, 2.45) is 0 Å². The van der Waals surface area contributed by atoms with Gasteiger partial charge in [0, 0.05) is 11.1 Å². The lowest BCUT2D eigenvalue weighted by atomic mass is 9.84. The molecule has 0 atom stereocenters. The number of ether oxygens (including phenoxy) is 1. The molecule has 0 radical (unpaired) electrons. The van der Waals surface area contributed by atoms with Gasteiger partial charge in [0.05, 0.1) is 0 Å². The van der Waals surface area contributed by atoms with Crippen molar-refractivity contribution >= 4 is 22.4 Å². The topological polar surface area (TPSA) is 38.3 Å². The fourth-order valence-electron chi connectivity index (χ4n) is 4.96. The van der Waals surface area contributed by atoms with E-state index >= 15 is 0 Å². The van der Waals surface area contributed by atoms with Gasteiger partial charge < -0.3 is 10.1 Å². The van der Waals surface area contributed by atoms with Crippen molar-refractivity contribution in [2.75, 3.05) is 11.9 Å². The minimum Gasteiger partial charge on any atom is -0.484 e. The summed E-state index contributed by atoms with van der Waals surface area (Å²) in [6.45, 7) is 0.0196. The third-order valence-electron chi connectivity index (χ3n) is 6.48. The highest BCUT2D eigenvalue weighted by atomic mass is 16.5. The summed E-state index contributed by atoms with van der Waals surface area (Å²) in [7, 11) is 0. The molecule has 2 aliphatic rings. The molecule has 0 saturated heterocycles. The Morgan fingerprint density at radius 3 is 2.45 bits per heavy atom. The van der Waals surface area contributed by atoms with Crippen LogP contribution >= 0.6 is 0 Å². The van der Waals surface area contributed by atoms with E-state index < -0.39 is 0 Å². The quantitative estimate of drug-likeness (QED) is 0.585. The number of aryl methyl sites for hydroxylation is 2. The van der Waals surface area contributed by atoms with Crippen molar-refractivity contribution in [1.29, 1.82) is 0 Å². The van der Waals surface area contributed by atoms with Crippen molar-refractivity contribution in [3.8, 4) is 5.75 Å². The fraction of sp³-hybridized carbons (Fsp3) is 0.346. The SMILES string of the molecule is O=C(COc1ccc(C2CCCCC2)cc1)Nc1ccc2c3c(cccc13)CC2. The third-order valence-corrected chi connectivity index (χ3v) is 6.48. The first kappa shape index (κ1) is 18.2. The summed E-state index contributed by atoms with van der Waals surface area (Å²) >= 11 is 0. The predicted octanol–water partition coefficient (Wildman–Crippen LogP) is 6.00. The molecule has 1 N–H and O–H groups in total. The van der Waals surface area contributed by atoms with Crippen LogP contribution in [0.4, 0.5) is 5.69 Å². The average molecular weight is 386 g/mol. The van der Waals surface area contributed by atoms with E-state index in [1.54, 1.807) is 0 Å². The Morgan fingerprint density at radius 1 is 0.897 bits per heavy atom. The molecule has 1 saturated carbocycles. The van der Waals surface area contributed by atoms with Gasteiger partial charge in [-0.3, -0.25) is 4.79 Å². The van der Waals surface area contributed by atoms with Crippen LogP contribution in [0.15, 0.2) is 54.6 Å². The molecular weight excluding hydrogens is 358 g/mol. The minimum absolute atomic E-state index is 0.0196. The summed E-state index contributed by atoms with van der Waals surface area (Å²) in [5, 5.41) is 5.47. The summed E-state index contributed by atoms with van der Waals surface area (Å²) in [6.07, 6.45) is 8.79. The van der Waals surface area contributed by atoms with E-state index in [4.69, 9.17) is 4.74 Å². The number of hydrogen-bond acceptors (Lipinski definition) is 2. The zero-order chi connectivity index (χ0) is 19.6. The Morgan fingerprint density at radius 2 is 1.66 bits per heavy atom. The van der Waals surface area contributed by atoms with E-state index in [0.29, 0.717) is 5.92 Å². The average Bonchev–Trinajstić information content (AvgIpc) is 3.20. The van der Waals surface area contributed by atoms with Crippen LogP contribution in [0.25, 0.3) is 10.8 Å². The number of carbonyl (C=O) groups is 1. The predicted molar refractivity (Wildman–Crippen MR) is 118 cm³/mol. The molecule has 0 spiro atoms. The Kier molecular flexibility index (Phi) is 4.97. The zero-order valence-corrected chi connectivity index (χ0v) is 16.7. The van der Waals surface area contributed by atoms with Crippen molar-refractivity contribution in [1.82, 2.24) is 0 Å². The molecule has 0 unspecified atom stereocenters. The van der Waals surface area contributed by atoms with Crippen LogP contribution in [-0.2, 0) is 17.6 Å². The van der Waals surface area contributed by atoms with Gasteiger partial charge in [0.25, 0.3) is 5.91 Å². The van der Waals surface area contributed by atoms with E-state index in [1.807, 2.05) is 18.2 Å². The van der Waals surface area contributed by atoms with Crippen molar-refractivity contribution in [2.45, 2.75) is 50.9 Å². The normalized spacial score (nSPS) is 16.1. The molecule has 3 heteroatoms. The van der Waals surface area contributed by atoms with Crippen molar-refractivity contribution in [3.63, 3.8) is 0 Å². The van der Waals surface area contributed by atoms with Crippen LogP contribution in [0.5, 0.6) is 5.75 Å². The Hall–Kier alpha value is -2.81. The van der Waals surface area contributed by atoms with Gasteiger partial charge in [-0.2, -0.15) is 0 Å². The van der Waals surface area contributed by atoms with Crippen LogP contribution in [0, 0.1) is 0 Å². The molecule has 0 aliphatic heterocycles. The number of hydrogen-bond donors (Lipinski definition) is 1. The summed E-state index contributed by atoms with van der Waals surface area (Å²) in [5.41, 5.74) is 5.02. The van der Waals surface area contributed by atoms with Crippen LogP contribution in [0.1, 0.15) is 54.7 Å². The lowest BCUT2D eigenvalue weighted by Gasteiger charge is -2.22. The lowest BCUT2D eigenvalue weighted by molar-refractivity contribution is -0.118. The number of amides is 1. The highest BCUT2D eigenvalue weighted by Crippen LogP contribution is 2.35. The molecule has 0 bridgehead atoms. The fourth-order valence-corrected chi connectivity index (χ4v) is 4.96. The van der Waals surface area contributed by atoms with Gasteiger partial charge in [-0.25, -0.2) is 0 Å². The second kappa shape index (κ2) is 7.90. The maximum atomic E-state index is 12.5. The number of benzene rings is 3. The Balaban J connectivity index is 1.22. The zero-order valence-electron chi connectivity index (χ0n) is 16.7. The minimum atomic E-state index is -0.125. The highest BCUT2D eigenvalue weighted by molar-refractivity contribution is 6.05. The first-order valence-corrected chi connectivity index (χ1v) is 10.8.